The van der Waals surface area contributed by atoms with E-state index in [1.54, 1.807) is 0 Å². The second-order valence-corrected chi connectivity index (χ2v) is 5.11. The minimum absolute atomic E-state index is 0.000461. The van der Waals surface area contributed by atoms with Crippen molar-refractivity contribution in [2.45, 2.75) is 19.4 Å². The monoisotopic (exact) mass is 264 g/mol. The fraction of sp³-hybridized carbons (Fsp3) is 0.643. The lowest BCUT2D eigenvalue weighted by atomic mass is 10.1. The normalized spacial score (nSPS) is 19.2. The van der Waals surface area contributed by atoms with Gasteiger partial charge in [-0.15, -0.1) is 0 Å². The minimum Gasteiger partial charge on any atom is -0.395 e. The van der Waals surface area contributed by atoms with Gasteiger partial charge in [0.2, 0.25) is 0 Å². The number of rotatable bonds is 4. The average molecular weight is 264 g/mol. The molecular weight excluding hydrogens is 240 g/mol. The molecular formula is C14H24N4O. The van der Waals surface area contributed by atoms with Crippen molar-refractivity contribution >= 4 is 5.82 Å². The standard InChI is InChI=1S/C14H24N4O/c1-12(15)13-4-2-5-16-14(13)18-7-3-6-17(8-9-18)10-11-19/h2,4-5,12,19H,3,6-11,15H2,1H3/t12-/m1/s1. The van der Waals surface area contributed by atoms with Gasteiger partial charge in [0.15, 0.2) is 0 Å². The Morgan fingerprint density at radius 2 is 2.21 bits per heavy atom. The van der Waals surface area contributed by atoms with Crippen LogP contribution in [0.3, 0.4) is 0 Å². The van der Waals surface area contributed by atoms with E-state index in [1.807, 2.05) is 19.2 Å². The molecule has 5 nitrogen and oxygen atoms in total. The Labute approximate surface area is 115 Å². The molecule has 1 saturated heterocycles. The number of nitrogens with two attached hydrogens (primary N) is 1. The lowest BCUT2D eigenvalue weighted by Gasteiger charge is -2.25. The topological polar surface area (TPSA) is 65.6 Å². The molecule has 0 saturated carbocycles. The van der Waals surface area contributed by atoms with Crippen molar-refractivity contribution in [3.8, 4) is 0 Å². The third-order valence-corrected chi connectivity index (χ3v) is 3.61. The summed E-state index contributed by atoms with van der Waals surface area (Å²) in [6.07, 6.45) is 2.92. The molecule has 1 fully saturated rings. The van der Waals surface area contributed by atoms with Gasteiger partial charge in [-0.05, 0) is 26.0 Å². The fourth-order valence-electron chi connectivity index (χ4n) is 2.58. The fourth-order valence-corrected chi connectivity index (χ4v) is 2.58. The zero-order valence-corrected chi connectivity index (χ0v) is 11.6. The Morgan fingerprint density at radius 3 is 2.95 bits per heavy atom. The van der Waals surface area contributed by atoms with Crippen LogP contribution in [0.25, 0.3) is 0 Å². The summed E-state index contributed by atoms with van der Waals surface area (Å²) in [7, 11) is 0. The van der Waals surface area contributed by atoms with Gasteiger partial charge < -0.3 is 15.7 Å². The van der Waals surface area contributed by atoms with Crippen LogP contribution < -0.4 is 10.6 Å². The van der Waals surface area contributed by atoms with Crippen LogP contribution in [0, 0.1) is 0 Å². The zero-order valence-electron chi connectivity index (χ0n) is 11.6. The lowest BCUT2D eigenvalue weighted by molar-refractivity contribution is 0.204. The molecule has 2 rings (SSSR count). The van der Waals surface area contributed by atoms with Crippen LogP contribution >= 0.6 is 0 Å². The third-order valence-electron chi connectivity index (χ3n) is 3.61. The van der Waals surface area contributed by atoms with Crippen LogP contribution in [0.5, 0.6) is 0 Å². The smallest absolute Gasteiger partial charge is 0.133 e. The summed E-state index contributed by atoms with van der Waals surface area (Å²) >= 11 is 0. The largest absolute Gasteiger partial charge is 0.395 e. The first-order valence-electron chi connectivity index (χ1n) is 7.01. The molecule has 0 aromatic carbocycles. The van der Waals surface area contributed by atoms with Gasteiger partial charge in [0.05, 0.1) is 6.61 Å². The predicted molar refractivity (Wildman–Crippen MR) is 77.2 cm³/mol. The summed E-state index contributed by atoms with van der Waals surface area (Å²) in [4.78, 5) is 9.13. The quantitative estimate of drug-likeness (QED) is 0.834. The Hall–Kier alpha value is -1.17. The van der Waals surface area contributed by atoms with Crippen LogP contribution in [0.4, 0.5) is 5.82 Å². The summed E-state index contributed by atoms with van der Waals surface area (Å²) in [5, 5.41) is 9.03. The van der Waals surface area contributed by atoms with E-state index >= 15 is 0 Å². The Kier molecular flexibility index (Phi) is 5.13. The second kappa shape index (κ2) is 6.84. The summed E-state index contributed by atoms with van der Waals surface area (Å²) in [5.41, 5.74) is 7.13. The summed E-state index contributed by atoms with van der Waals surface area (Å²) < 4.78 is 0. The maximum Gasteiger partial charge on any atom is 0.133 e. The molecule has 19 heavy (non-hydrogen) atoms. The van der Waals surface area contributed by atoms with Gasteiger partial charge in [-0.3, -0.25) is 4.90 Å². The Morgan fingerprint density at radius 1 is 1.37 bits per heavy atom. The van der Waals surface area contributed by atoms with Crippen molar-refractivity contribution in [1.82, 2.24) is 9.88 Å². The maximum atomic E-state index is 9.03. The molecule has 3 N–H and O–H groups in total. The van der Waals surface area contributed by atoms with Crippen LogP contribution in [0.1, 0.15) is 24.9 Å². The van der Waals surface area contributed by atoms with Crippen molar-refractivity contribution in [3.63, 3.8) is 0 Å². The molecule has 106 valence electrons. The van der Waals surface area contributed by atoms with Crippen molar-refractivity contribution in [2.24, 2.45) is 5.73 Å². The van der Waals surface area contributed by atoms with E-state index in [9.17, 15) is 0 Å². The van der Waals surface area contributed by atoms with E-state index in [0.29, 0.717) is 0 Å². The van der Waals surface area contributed by atoms with E-state index in [-0.39, 0.29) is 12.6 Å². The molecule has 0 spiro atoms. The van der Waals surface area contributed by atoms with Gasteiger partial charge in [-0.2, -0.15) is 0 Å². The number of pyridine rings is 1. The van der Waals surface area contributed by atoms with Crippen LogP contribution in [0.2, 0.25) is 0 Å². The van der Waals surface area contributed by atoms with Gasteiger partial charge in [-0.25, -0.2) is 4.98 Å². The maximum absolute atomic E-state index is 9.03. The van der Waals surface area contributed by atoms with Crippen LogP contribution in [-0.4, -0.2) is 54.3 Å². The number of hydrogen-bond acceptors (Lipinski definition) is 5. The van der Waals surface area contributed by atoms with Crippen molar-refractivity contribution in [3.05, 3.63) is 23.9 Å². The van der Waals surface area contributed by atoms with Gasteiger partial charge in [-0.1, -0.05) is 6.07 Å². The molecule has 2 heterocycles. The zero-order chi connectivity index (χ0) is 13.7. The van der Waals surface area contributed by atoms with Crippen molar-refractivity contribution in [1.29, 1.82) is 0 Å². The van der Waals surface area contributed by atoms with E-state index in [2.05, 4.69) is 20.9 Å². The van der Waals surface area contributed by atoms with E-state index in [1.165, 1.54) is 0 Å². The molecule has 1 aliphatic rings. The van der Waals surface area contributed by atoms with Crippen molar-refractivity contribution in [2.75, 3.05) is 44.2 Å². The van der Waals surface area contributed by atoms with E-state index in [0.717, 1.165) is 50.5 Å². The van der Waals surface area contributed by atoms with Gasteiger partial charge >= 0.3 is 0 Å². The molecule has 5 heteroatoms. The minimum atomic E-state index is 0.000461. The SMILES string of the molecule is C[C@@H](N)c1cccnc1N1CCCN(CCO)CC1. The molecule has 0 aliphatic carbocycles. The van der Waals surface area contributed by atoms with Gasteiger partial charge in [0.1, 0.15) is 5.82 Å². The summed E-state index contributed by atoms with van der Waals surface area (Å²) in [6.45, 7) is 6.93. The van der Waals surface area contributed by atoms with E-state index in [4.69, 9.17) is 10.8 Å². The van der Waals surface area contributed by atoms with Gasteiger partial charge in [0, 0.05) is 44.0 Å². The first kappa shape index (κ1) is 14.2. The highest BCUT2D eigenvalue weighted by atomic mass is 16.3. The summed E-state index contributed by atoms with van der Waals surface area (Å²) in [5.74, 6) is 1.02. The molecule has 0 radical (unpaired) electrons. The number of aliphatic hydroxyl groups excluding tert-OH is 1. The van der Waals surface area contributed by atoms with E-state index < -0.39 is 0 Å². The average Bonchev–Trinajstić information content (AvgIpc) is 2.65. The number of β-amino-alcohol motifs (C(OH)–C–C–N with tert-alkyl or cyclic N) is 1. The molecule has 1 aromatic heterocycles. The number of nitrogens with zero attached hydrogens (tertiary/aromatic N) is 3. The molecule has 1 aromatic rings. The molecule has 0 amide bonds. The second-order valence-electron chi connectivity index (χ2n) is 5.11. The number of aromatic nitrogens is 1. The van der Waals surface area contributed by atoms with Crippen molar-refractivity contribution < 1.29 is 5.11 Å². The first-order chi connectivity index (χ1) is 9.22. The lowest BCUT2D eigenvalue weighted by Crippen LogP contribution is -2.33. The van der Waals surface area contributed by atoms with Crippen LogP contribution in [-0.2, 0) is 0 Å². The molecule has 1 aliphatic heterocycles. The van der Waals surface area contributed by atoms with Crippen LogP contribution in [0.15, 0.2) is 18.3 Å². The molecule has 0 bridgehead atoms. The highest BCUT2D eigenvalue weighted by molar-refractivity contribution is 5.48. The summed E-state index contributed by atoms with van der Waals surface area (Å²) in [6, 6.07) is 4.00. The number of aliphatic hydroxyl groups is 1. The highest BCUT2D eigenvalue weighted by Crippen LogP contribution is 2.23. The van der Waals surface area contributed by atoms with Gasteiger partial charge in [0.25, 0.3) is 0 Å². The Balaban J connectivity index is 2.10. The first-order valence-corrected chi connectivity index (χ1v) is 7.01. The Bertz CT molecular complexity index is 397. The predicted octanol–water partition coefficient (Wildman–Crippen LogP) is 0.606. The number of hydrogen-bond donors (Lipinski definition) is 2. The highest BCUT2D eigenvalue weighted by Gasteiger charge is 2.18. The number of anilines is 1. The third kappa shape index (κ3) is 3.65. The molecule has 1 atom stereocenters. The molecule has 0 unspecified atom stereocenters.